The number of thioether (sulfide) groups is 1. The number of hydrogen-bond acceptors (Lipinski definition) is 4. The van der Waals surface area contributed by atoms with Crippen LogP contribution in [0.25, 0.3) is 10.9 Å². The van der Waals surface area contributed by atoms with Gasteiger partial charge in [0.1, 0.15) is 11.0 Å². The molecule has 5 nitrogen and oxygen atoms in total. The average molecular weight is 428 g/mol. The summed E-state index contributed by atoms with van der Waals surface area (Å²) < 4.78 is 4.44. The van der Waals surface area contributed by atoms with Gasteiger partial charge in [-0.3, -0.25) is 9.36 Å². The standard InChI is InChI=1S/C16H16BrClN4OS/c1-3-6-22-15(23)11-7-10(17)4-5-12(11)20-16(22)24-9-14-19-8-13(18)21(14)2/h4-5,7-8H,3,6,9H2,1-2H3. The number of imidazole rings is 1. The number of nitrogens with zero attached hydrogens (tertiary/aromatic N) is 4. The molecule has 3 aromatic rings. The lowest BCUT2D eigenvalue weighted by Crippen LogP contribution is -2.23. The molecule has 0 unspecified atom stereocenters. The zero-order valence-corrected chi connectivity index (χ0v) is 16.5. The normalized spacial score (nSPS) is 11.3. The second-order valence-corrected chi connectivity index (χ2v) is 7.60. The summed E-state index contributed by atoms with van der Waals surface area (Å²) in [5, 5.41) is 1.92. The summed E-state index contributed by atoms with van der Waals surface area (Å²) in [5.41, 5.74) is 0.694. The molecule has 24 heavy (non-hydrogen) atoms. The molecule has 0 aliphatic rings. The van der Waals surface area contributed by atoms with Crippen LogP contribution in [-0.4, -0.2) is 19.1 Å². The Morgan fingerprint density at radius 1 is 1.38 bits per heavy atom. The topological polar surface area (TPSA) is 52.7 Å². The number of benzene rings is 1. The van der Waals surface area contributed by atoms with Gasteiger partial charge in [0.25, 0.3) is 5.56 Å². The predicted octanol–water partition coefficient (Wildman–Crippen LogP) is 4.25. The lowest BCUT2D eigenvalue weighted by atomic mass is 10.2. The molecule has 1 aromatic carbocycles. The van der Waals surface area contributed by atoms with Crippen LogP contribution in [0.2, 0.25) is 5.15 Å². The van der Waals surface area contributed by atoms with Crippen molar-refractivity contribution in [3.8, 4) is 0 Å². The van der Waals surface area contributed by atoms with E-state index in [2.05, 4.69) is 25.9 Å². The van der Waals surface area contributed by atoms with Crippen molar-refractivity contribution in [3.63, 3.8) is 0 Å². The van der Waals surface area contributed by atoms with Crippen molar-refractivity contribution >= 4 is 50.2 Å². The summed E-state index contributed by atoms with van der Waals surface area (Å²) in [7, 11) is 1.87. The van der Waals surface area contributed by atoms with E-state index in [0.29, 0.717) is 33.5 Å². The lowest BCUT2D eigenvalue weighted by Gasteiger charge is -2.12. The Kier molecular flexibility index (Phi) is 5.32. The molecule has 0 bridgehead atoms. The Morgan fingerprint density at radius 3 is 2.83 bits per heavy atom. The van der Waals surface area contributed by atoms with Gasteiger partial charge in [-0.25, -0.2) is 9.97 Å². The Balaban J connectivity index is 2.02. The number of aromatic nitrogens is 4. The van der Waals surface area contributed by atoms with E-state index in [0.717, 1.165) is 16.7 Å². The molecule has 0 aliphatic heterocycles. The van der Waals surface area contributed by atoms with Gasteiger partial charge >= 0.3 is 0 Å². The van der Waals surface area contributed by atoms with Crippen molar-refractivity contribution in [2.75, 3.05) is 0 Å². The molecule has 3 rings (SSSR count). The first-order valence-corrected chi connectivity index (χ1v) is 9.66. The molecular formula is C16H16BrClN4OS. The van der Waals surface area contributed by atoms with Gasteiger partial charge < -0.3 is 4.57 Å². The van der Waals surface area contributed by atoms with E-state index in [1.54, 1.807) is 10.8 Å². The van der Waals surface area contributed by atoms with Crippen molar-refractivity contribution in [2.45, 2.75) is 30.8 Å². The van der Waals surface area contributed by atoms with E-state index >= 15 is 0 Å². The van der Waals surface area contributed by atoms with Crippen molar-refractivity contribution in [1.29, 1.82) is 0 Å². The number of rotatable bonds is 5. The van der Waals surface area contributed by atoms with Crippen LogP contribution in [0, 0.1) is 0 Å². The Hall–Kier alpha value is -1.31. The van der Waals surface area contributed by atoms with Crippen molar-refractivity contribution in [3.05, 3.63) is 50.2 Å². The molecule has 0 aliphatic carbocycles. The molecule has 0 amide bonds. The summed E-state index contributed by atoms with van der Waals surface area (Å²) in [5.74, 6) is 1.44. The highest BCUT2D eigenvalue weighted by molar-refractivity contribution is 9.10. The minimum absolute atomic E-state index is 0.0106. The van der Waals surface area contributed by atoms with Gasteiger partial charge in [-0.15, -0.1) is 0 Å². The van der Waals surface area contributed by atoms with Crippen LogP contribution in [0.15, 0.2) is 38.8 Å². The van der Waals surface area contributed by atoms with Gasteiger partial charge in [-0.05, 0) is 24.6 Å². The van der Waals surface area contributed by atoms with Gasteiger partial charge in [0, 0.05) is 18.1 Å². The highest BCUT2D eigenvalue weighted by Crippen LogP contribution is 2.24. The largest absolute Gasteiger partial charge is 0.322 e. The summed E-state index contributed by atoms with van der Waals surface area (Å²) in [6, 6.07) is 5.58. The highest BCUT2D eigenvalue weighted by atomic mass is 79.9. The predicted molar refractivity (Wildman–Crippen MR) is 102 cm³/mol. The number of fused-ring (bicyclic) bond motifs is 1. The van der Waals surface area contributed by atoms with E-state index in [-0.39, 0.29) is 5.56 Å². The van der Waals surface area contributed by atoms with Gasteiger partial charge in [-0.2, -0.15) is 0 Å². The van der Waals surface area contributed by atoms with Gasteiger partial charge in [0.15, 0.2) is 5.16 Å². The molecular weight excluding hydrogens is 412 g/mol. The van der Waals surface area contributed by atoms with E-state index in [9.17, 15) is 4.79 Å². The van der Waals surface area contributed by atoms with Crippen LogP contribution in [0.5, 0.6) is 0 Å². The SMILES string of the molecule is CCCn1c(SCc2ncc(Cl)n2C)nc2ccc(Br)cc2c1=O. The van der Waals surface area contributed by atoms with Crippen LogP contribution >= 0.6 is 39.3 Å². The first-order valence-electron chi connectivity index (χ1n) is 7.50. The molecule has 2 heterocycles. The monoisotopic (exact) mass is 426 g/mol. The summed E-state index contributed by atoms with van der Waals surface area (Å²) >= 11 is 10.9. The van der Waals surface area contributed by atoms with Crippen molar-refractivity contribution < 1.29 is 0 Å². The highest BCUT2D eigenvalue weighted by Gasteiger charge is 2.13. The molecule has 0 atom stereocenters. The lowest BCUT2D eigenvalue weighted by molar-refractivity contribution is 0.584. The summed E-state index contributed by atoms with van der Waals surface area (Å²) in [4.78, 5) is 21.8. The van der Waals surface area contributed by atoms with Crippen LogP contribution in [-0.2, 0) is 19.3 Å². The van der Waals surface area contributed by atoms with Crippen molar-refractivity contribution in [2.24, 2.45) is 7.05 Å². The maximum atomic E-state index is 12.8. The smallest absolute Gasteiger partial charge is 0.262 e. The van der Waals surface area contributed by atoms with Crippen molar-refractivity contribution in [1.82, 2.24) is 19.1 Å². The van der Waals surface area contributed by atoms with E-state index in [4.69, 9.17) is 11.6 Å². The zero-order chi connectivity index (χ0) is 17.3. The van der Waals surface area contributed by atoms with Crippen LogP contribution < -0.4 is 5.56 Å². The molecule has 0 spiro atoms. The second-order valence-electron chi connectivity index (χ2n) is 5.36. The summed E-state index contributed by atoms with van der Waals surface area (Å²) in [6.45, 7) is 2.68. The quantitative estimate of drug-likeness (QED) is 0.451. The first-order chi connectivity index (χ1) is 11.5. The minimum atomic E-state index is -0.0106. The van der Waals surface area contributed by atoms with Crippen LogP contribution in [0.4, 0.5) is 0 Å². The third-order valence-corrected chi connectivity index (χ3v) is 5.50. The molecule has 0 N–H and O–H groups in total. The molecule has 8 heteroatoms. The number of hydrogen-bond donors (Lipinski definition) is 0. The van der Waals surface area contributed by atoms with E-state index in [1.165, 1.54) is 11.8 Å². The fraction of sp³-hybridized carbons (Fsp3) is 0.312. The second kappa shape index (κ2) is 7.29. The van der Waals surface area contributed by atoms with Gasteiger partial charge in [0.05, 0.1) is 22.9 Å². The Labute approximate surface area is 157 Å². The fourth-order valence-corrected chi connectivity index (χ4v) is 3.92. The molecule has 0 fully saturated rings. The average Bonchev–Trinajstić information content (AvgIpc) is 2.88. The van der Waals surface area contributed by atoms with E-state index in [1.807, 2.05) is 36.7 Å². The van der Waals surface area contributed by atoms with Crippen LogP contribution in [0.1, 0.15) is 19.2 Å². The minimum Gasteiger partial charge on any atom is -0.322 e. The van der Waals surface area contributed by atoms with Crippen LogP contribution in [0.3, 0.4) is 0 Å². The fourth-order valence-electron chi connectivity index (χ4n) is 2.39. The molecule has 2 aromatic heterocycles. The maximum absolute atomic E-state index is 12.8. The molecule has 0 radical (unpaired) electrons. The molecule has 0 saturated heterocycles. The first kappa shape index (κ1) is 17.5. The molecule has 126 valence electrons. The Bertz CT molecular complexity index is 953. The summed E-state index contributed by atoms with van der Waals surface area (Å²) in [6.07, 6.45) is 2.49. The Morgan fingerprint density at radius 2 is 2.17 bits per heavy atom. The maximum Gasteiger partial charge on any atom is 0.262 e. The third kappa shape index (κ3) is 3.38. The van der Waals surface area contributed by atoms with Gasteiger partial charge in [-0.1, -0.05) is 46.2 Å². The van der Waals surface area contributed by atoms with E-state index < -0.39 is 0 Å². The zero-order valence-electron chi connectivity index (χ0n) is 13.3. The third-order valence-electron chi connectivity index (χ3n) is 3.69. The van der Waals surface area contributed by atoms with Gasteiger partial charge in [0.2, 0.25) is 0 Å². The molecule has 0 saturated carbocycles. The number of halogens is 2.